The number of aromatic nitrogens is 2. The summed E-state index contributed by atoms with van der Waals surface area (Å²) in [6.07, 6.45) is 2.12. The van der Waals surface area contributed by atoms with E-state index in [2.05, 4.69) is 10.5 Å². The lowest BCUT2D eigenvalue weighted by molar-refractivity contribution is -0.140. The van der Waals surface area contributed by atoms with Crippen LogP contribution in [0.25, 0.3) is 33.7 Å². The van der Waals surface area contributed by atoms with Gasteiger partial charge in [0.2, 0.25) is 0 Å². The molecule has 0 aliphatic heterocycles. The molecule has 188 valence electrons. The molecule has 38 heavy (non-hydrogen) atoms. The molecule has 6 nitrogen and oxygen atoms in total. The SMILES string of the molecule is CCc1noc(-c2ccc(-c3ccc(C4(C(=O)O)CC4)cc3)cc2)c1Nc1cccc(-c2ccccc2)n1. The van der Waals surface area contributed by atoms with Crippen molar-refractivity contribution < 1.29 is 14.4 Å². The summed E-state index contributed by atoms with van der Waals surface area (Å²) in [5.74, 6) is 0.643. The lowest BCUT2D eigenvalue weighted by Gasteiger charge is -2.11. The van der Waals surface area contributed by atoms with E-state index in [4.69, 9.17) is 9.51 Å². The van der Waals surface area contributed by atoms with Crippen LogP contribution in [0.5, 0.6) is 0 Å². The van der Waals surface area contributed by atoms with Gasteiger partial charge >= 0.3 is 5.97 Å². The second kappa shape index (κ2) is 9.63. The maximum Gasteiger partial charge on any atom is 0.314 e. The lowest BCUT2D eigenvalue weighted by Crippen LogP contribution is -2.19. The maximum absolute atomic E-state index is 11.6. The summed E-state index contributed by atoms with van der Waals surface area (Å²) in [7, 11) is 0. The zero-order valence-corrected chi connectivity index (χ0v) is 21.0. The predicted octanol–water partition coefficient (Wildman–Crippen LogP) is 7.49. The zero-order chi connectivity index (χ0) is 26.1. The minimum absolute atomic E-state index is 0.660. The number of aryl methyl sites for hydroxylation is 1. The molecule has 0 saturated heterocycles. The molecule has 6 rings (SSSR count). The summed E-state index contributed by atoms with van der Waals surface area (Å²) in [4.78, 5) is 16.4. The molecule has 2 aromatic heterocycles. The Labute approximate surface area is 221 Å². The van der Waals surface area contributed by atoms with Crippen LogP contribution in [0, 0.1) is 0 Å². The molecule has 0 bridgehead atoms. The third-order valence-corrected chi connectivity index (χ3v) is 7.25. The molecule has 1 fully saturated rings. The van der Waals surface area contributed by atoms with Gasteiger partial charge in [0.15, 0.2) is 5.76 Å². The molecule has 5 aromatic rings. The third kappa shape index (κ3) is 4.34. The van der Waals surface area contributed by atoms with E-state index in [1.54, 1.807) is 0 Å². The average Bonchev–Trinajstić information content (AvgIpc) is 3.70. The highest BCUT2D eigenvalue weighted by Crippen LogP contribution is 2.48. The molecule has 2 heterocycles. The number of carboxylic acid groups (broad SMARTS) is 1. The summed E-state index contributed by atoms with van der Waals surface area (Å²) in [6, 6.07) is 32.0. The Hall–Kier alpha value is -4.71. The van der Waals surface area contributed by atoms with Gasteiger partial charge in [0.1, 0.15) is 17.2 Å². The number of hydrogen-bond donors (Lipinski definition) is 2. The number of hydrogen-bond acceptors (Lipinski definition) is 5. The lowest BCUT2D eigenvalue weighted by atomic mass is 9.93. The molecular weight excluding hydrogens is 474 g/mol. The monoisotopic (exact) mass is 501 g/mol. The Kier molecular flexibility index (Phi) is 6.00. The van der Waals surface area contributed by atoms with Crippen molar-refractivity contribution in [1.29, 1.82) is 0 Å². The molecule has 2 N–H and O–H groups in total. The largest absolute Gasteiger partial charge is 0.481 e. The van der Waals surface area contributed by atoms with E-state index in [0.717, 1.165) is 50.7 Å². The van der Waals surface area contributed by atoms with Crippen LogP contribution in [-0.2, 0) is 16.6 Å². The first-order valence-corrected chi connectivity index (χ1v) is 12.8. The Bertz CT molecular complexity index is 1590. The normalized spacial score (nSPS) is 13.7. The Morgan fingerprint density at radius 3 is 2.13 bits per heavy atom. The first-order chi connectivity index (χ1) is 18.6. The number of anilines is 2. The van der Waals surface area contributed by atoms with Gasteiger partial charge in [-0.1, -0.05) is 97.0 Å². The molecule has 3 aromatic carbocycles. The van der Waals surface area contributed by atoms with Crippen LogP contribution in [0.1, 0.15) is 31.0 Å². The van der Waals surface area contributed by atoms with Crippen LogP contribution in [0.3, 0.4) is 0 Å². The van der Waals surface area contributed by atoms with Crippen molar-refractivity contribution in [2.45, 2.75) is 31.6 Å². The van der Waals surface area contributed by atoms with Gasteiger partial charge in [-0.25, -0.2) is 4.98 Å². The number of aliphatic carboxylic acids is 1. The maximum atomic E-state index is 11.6. The van der Waals surface area contributed by atoms with E-state index in [9.17, 15) is 9.90 Å². The fourth-order valence-corrected chi connectivity index (χ4v) is 4.84. The molecule has 6 heteroatoms. The highest BCUT2D eigenvalue weighted by atomic mass is 16.5. The van der Waals surface area contributed by atoms with Gasteiger partial charge in [0.05, 0.1) is 11.1 Å². The predicted molar refractivity (Wildman–Crippen MR) is 148 cm³/mol. The fourth-order valence-electron chi connectivity index (χ4n) is 4.84. The van der Waals surface area contributed by atoms with Gasteiger partial charge in [0.25, 0.3) is 0 Å². The molecule has 0 spiro atoms. The van der Waals surface area contributed by atoms with Crippen LogP contribution in [0.4, 0.5) is 11.5 Å². The molecule has 1 saturated carbocycles. The summed E-state index contributed by atoms with van der Waals surface area (Å²) < 4.78 is 5.79. The van der Waals surface area contributed by atoms with Gasteiger partial charge in [-0.15, -0.1) is 0 Å². The van der Waals surface area contributed by atoms with Crippen molar-refractivity contribution in [2.24, 2.45) is 0 Å². The first kappa shape index (κ1) is 23.7. The number of nitrogens with one attached hydrogen (secondary N) is 1. The van der Waals surface area contributed by atoms with Gasteiger partial charge in [-0.3, -0.25) is 4.79 Å². The smallest absolute Gasteiger partial charge is 0.314 e. The summed E-state index contributed by atoms with van der Waals surface area (Å²) in [6.45, 7) is 2.05. The van der Waals surface area contributed by atoms with Crippen LogP contribution < -0.4 is 5.32 Å². The van der Waals surface area contributed by atoms with E-state index in [1.807, 2.05) is 104 Å². The summed E-state index contributed by atoms with van der Waals surface area (Å²) >= 11 is 0. The molecule has 1 aliphatic carbocycles. The second-order valence-electron chi connectivity index (χ2n) is 9.63. The topological polar surface area (TPSA) is 88.2 Å². The minimum atomic E-state index is -0.737. The number of pyridine rings is 1. The number of nitrogens with zero attached hydrogens (tertiary/aromatic N) is 2. The number of carbonyl (C=O) groups is 1. The van der Waals surface area contributed by atoms with Gasteiger partial charge in [-0.2, -0.15) is 0 Å². The van der Waals surface area contributed by atoms with Crippen molar-refractivity contribution in [2.75, 3.05) is 5.32 Å². The van der Waals surface area contributed by atoms with Crippen LogP contribution in [-0.4, -0.2) is 21.2 Å². The highest BCUT2D eigenvalue weighted by molar-refractivity contribution is 5.85. The number of benzene rings is 3. The van der Waals surface area contributed by atoms with Crippen LogP contribution in [0.2, 0.25) is 0 Å². The molecule has 1 aliphatic rings. The quantitative estimate of drug-likeness (QED) is 0.229. The van der Waals surface area contributed by atoms with Gasteiger partial charge < -0.3 is 14.9 Å². The molecule has 0 unspecified atom stereocenters. The fraction of sp³-hybridized carbons (Fsp3) is 0.156. The first-order valence-electron chi connectivity index (χ1n) is 12.8. The Balaban J connectivity index is 1.26. The van der Waals surface area contributed by atoms with E-state index in [1.165, 1.54) is 0 Å². The van der Waals surface area contributed by atoms with Crippen molar-refractivity contribution in [3.8, 4) is 33.7 Å². The van der Waals surface area contributed by atoms with Crippen molar-refractivity contribution in [3.05, 3.63) is 108 Å². The van der Waals surface area contributed by atoms with Crippen molar-refractivity contribution in [1.82, 2.24) is 10.1 Å². The molecule has 0 amide bonds. The second-order valence-corrected chi connectivity index (χ2v) is 9.63. The van der Waals surface area contributed by atoms with Gasteiger partial charge in [0, 0.05) is 11.1 Å². The average molecular weight is 502 g/mol. The Morgan fingerprint density at radius 1 is 0.842 bits per heavy atom. The molecule has 0 radical (unpaired) electrons. The van der Waals surface area contributed by atoms with E-state index in [0.29, 0.717) is 25.0 Å². The molecular formula is C32H27N3O3. The van der Waals surface area contributed by atoms with E-state index >= 15 is 0 Å². The van der Waals surface area contributed by atoms with Crippen LogP contribution >= 0.6 is 0 Å². The summed E-state index contributed by atoms with van der Waals surface area (Å²) in [5.41, 5.74) is 6.75. The van der Waals surface area contributed by atoms with Gasteiger partial charge in [-0.05, 0) is 48.1 Å². The third-order valence-electron chi connectivity index (χ3n) is 7.25. The standard InChI is InChI=1S/C32H27N3O3/c1-2-26-29(34-28-10-6-9-27(33-28)23-7-4-3-5-8-23)30(38-35-26)24-13-11-21(12-14-24)22-15-17-25(18-16-22)32(19-20-32)31(36)37/h3-18H,2,19-20H2,1H3,(H,33,34)(H,36,37). The zero-order valence-electron chi connectivity index (χ0n) is 21.0. The highest BCUT2D eigenvalue weighted by Gasteiger charge is 2.51. The van der Waals surface area contributed by atoms with E-state index < -0.39 is 11.4 Å². The number of rotatable bonds is 8. The van der Waals surface area contributed by atoms with Crippen molar-refractivity contribution in [3.63, 3.8) is 0 Å². The molecule has 0 atom stereocenters. The van der Waals surface area contributed by atoms with Crippen molar-refractivity contribution >= 4 is 17.5 Å². The minimum Gasteiger partial charge on any atom is -0.481 e. The van der Waals surface area contributed by atoms with E-state index in [-0.39, 0.29) is 0 Å². The summed E-state index contributed by atoms with van der Waals surface area (Å²) in [5, 5.41) is 17.3. The number of carboxylic acids is 1. The Morgan fingerprint density at radius 2 is 1.50 bits per heavy atom. The van der Waals surface area contributed by atoms with Crippen LogP contribution in [0.15, 0.2) is 102 Å².